The molecule has 7 nitrogen and oxygen atoms in total. The Morgan fingerprint density at radius 2 is 1.55 bits per heavy atom. The molecule has 0 aliphatic heterocycles. The van der Waals surface area contributed by atoms with E-state index in [1.54, 1.807) is 13.8 Å². The predicted molar refractivity (Wildman–Crippen MR) is 108 cm³/mol. The molecule has 0 radical (unpaired) electrons. The van der Waals surface area contributed by atoms with Gasteiger partial charge in [-0.15, -0.1) is 5.10 Å². The molecule has 1 aromatic heterocycles. The smallest absolute Gasteiger partial charge is 0.335 e. The molecule has 0 aliphatic carbocycles. The van der Waals surface area contributed by atoms with Crippen molar-refractivity contribution in [1.82, 2.24) is 15.5 Å². The second-order valence-corrected chi connectivity index (χ2v) is 9.35. The highest BCUT2D eigenvalue weighted by atomic mass is 32.2. The lowest BCUT2D eigenvalue weighted by atomic mass is 10.1. The highest BCUT2D eigenvalue weighted by Gasteiger charge is 2.29. The summed E-state index contributed by atoms with van der Waals surface area (Å²) in [5.41, 5.74) is 1.82. The standard InChI is InChI=1S/C21H23N3O4S/c1-15(2)29(26,27)21-24-23-20(28-21)18(13-16-9-5-3-6-10-16)22-19(25)14-17-11-7-4-8-12-17/h3-12,15,18H,13-14H2,1-2H3,(H,22,25)/t18-/m0/s1. The van der Waals surface area contributed by atoms with E-state index < -0.39 is 26.4 Å². The molecule has 0 bridgehead atoms. The SMILES string of the molecule is CC(C)S(=O)(=O)c1nnc([C@H](Cc2ccccc2)NC(=O)Cc2ccccc2)o1. The van der Waals surface area contributed by atoms with Crippen molar-refractivity contribution in [2.24, 2.45) is 0 Å². The molecule has 0 unspecified atom stereocenters. The van der Waals surface area contributed by atoms with Gasteiger partial charge in [-0.05, 0) is 25.0 Å². The van der Waals surface area contributed by atoms with Crippen LogP contribution in [-0.2, 0) is 27.5 Å². The van der Waals surface area contributed by atoms with Crippen LogP contribution in [0.4, 0.5) is 0 Å². The van der Waals surface area contributed by atoms with E-state index in [1.165, 1.54) is 0 Å². The Bertz CT molecular complexity index is 1050. The first-order valence-corrected chi connectivity index (χ1v) is 10.9. The van der Waals surface area contributed by atoms with Crippen molar-refractivity contribution < 1.29 is 17.6 Å². The Morgan fingerprint density at radius 1 is 0.966 bits per heavy atom. The molecule has 1 atom stereocenters. The van der Waals surface area contributed by atoms with E-state index >= 15 is 0 Å². The van der Waals surface area contributed by atoms with Gasteiger partial charge < -0.3 is 9.73 Å². The van der Waals surface area contributed by atoms with Crippen LogP contribution in [0.15, 0.2) is 70.3 Å². The fourth-order valence-corrected chi connectivity index (χ4v) is 3.51. The first-order valence-electron chi connectivity index (χ1n) is 9.31. The summed E-state index contributed by atoms with van der Waals surface area (Å²) in [6.07, 6.45) is 0.585. The molecule has 0 aliphatic rings. The van der Waals surface area contributed by atoms with E-state index in [4.69, 9.17) is 4.42 Å². The summed E-state index contributed by atoms with van der Waals surface area (Å²) >= 11 is 0. The lowest BCUT2D eigenvalue weighted by Gasteiger charge is -2.15. The quantitative estimate of drug-likeness (QED) is 0.609. The topological polar surface area (TPSA) is 102 Å². The minimum Gasteiger partial charge on any atom is -0.410 e. The molecule has 8 heteroatoms. The van der Waals surface area contributed by atoms with Crippen molar-refractivity contribution in [3.05, 3.63) is 77.7 Å². The third-order valence-corrected chi connectivity index (χ3v) is 6.30. The second kappa shape index (κ2) is 9.00. The molecule has 0 fully saturated rings. The zero-order valence-corrected chi connectivity index (χ0v) is 17.1. The minimum absolute atomic E-state index is 0.0643. The lowest BCUT2D eigenvalue weighted by Crippen LogP contribution is -2.31. The zero-order chi connectivity index (χ0) is 20.9. The molecule has 1 N–H and O–H groups in total. The maximum absolute atomic E-state index is 12.6. The highest BCUT2D eigenvalue weighted by molar-refractivity contribution is 7.91. The summed E-state index contributed by atoms with van der Waals surface area (Å²) in [5, 5.41) is 9.40. The van der Waals surface area contributed by atoms with Crippen molar-refractivity contribution in [1.29, 1.82) is 0 Å². The number of aromatic nitrogens is 2. The zero-order valence-electron chi connectivity index (χ0n) is 16.3. The summed E-state index contributed by atoms with van der Waals surface area (Å²) < 4.78 is 30.1. The third kappa shape index (κ3) is 5.29. The number of carbonyl (C=O) groups excluding carboxylic acids is 1. The molecule has 3 aromatic rings. The average Bonchev–Trinajstić information content (AvgIpc) is 3.20. The van der Waals surface area contributed by atoms with Gasteiger partial charge in [-0.3, -0.25) is 4.79 Å². The number of nitrogens with zero attached hydrogens (tertiary/aromatic N) is 2. The molecule has 0 saturated heterocycles. The molecule has 0 spiro atoms. The average molecular weight is 413 g/mol. The summed E-state index contributed by atoms with van der Waals surface area (Å²) in [5.74, 6) is -0.155. The van der Waals surface area contributed by atoms with Crippen LogP contribution in [0, 0.1) is 0 Å². The van der Waals surface area contributed by atoms with E-state index in [9.17, 15) is 13.2 Å². The van der Waals surface area contributed by atoms with Gasteiger partial charge in [-0.1, -0.05) is 65.8 Å². The van der Waals surface area contributed by atoms with Gasteiger partial charge in [0.15, 0.2) is 0 Å². The van der Waals surface area contributed by atoms with Gasteiger partial charge in [0, 0.05) is 6.42 Å². The Labute approximate surface area is 170 Å². The highest BCUT2D eigenvalue weighted by Crippen LogP contribution is 2.21. The van der Waals surface area contributed by atoms with E-state index in [0.717, 1.165) is 11.1 Å². The van der Waals surface area contributed by atoms with Crippen molar-refractivity contribution in [2.45, 2.75) is 43.2 Å². The largest absolute Gasteiger partial charge is 0.410 e. The van der Waals surface area contributed by atoms with Crippen LogP contribution in [-0.4, -0.2) is 29.8 Å². The lowest BCUT2D eigenvalue weighted by molar-refractivity contribution is -0.121. The second-order valence-electron chi connectivity index (χ2n) is 6.97. The van der Waals surface area contributed by atoms with Crippen LogP contribution in [0.2, 0.25) is 0 Å². The number of nitrogens with one attached hydrogen (secondary N) is 1. The molecule has 0 saturated carbocycles. The van der Waals surface area contributed by atoms with E-state index in [2.05, 4.69) is 15.5 Å². The molecular formula is C21H23N3O4S. The number of hydrogen-bond donors (Lipinski definition) is 1. The van der Waals surface area contributed by atoms with E-state index in [1.807, 2.05) is 60.7 Å². The van der Waals surface area contributed by atoms with Gasteiger partial charge in [-0.25, -0.2) is 8.42 Å². The number of sulfone groups is 1. The van der Waals surface area contributed by atoms with Gasteiger partial charge in [-0.2, -0.15) is 0 Å². The molecule has 29 heavy (non-hydrogen) atoms. The van der Waals surface area contributed by atoms with Gasteiger partial charge in [0.2, 0.25) is 21.6 Å². The van der Waals surface area contributed by atoms with Gasteiger partial charge >= 0.3 is 5.22 Å². The van der Waals surface area contributed by atoms with E-state index in [0.29, 0.717) is 6.42 Å². The first kappa shape index (κ1) is 20.7. The van der Waals surface area contributed by atoms with Crippen LogP contribution in [0.25, 0.3) is 0 Å². The fourth-order valence-electron chi connectivity index (χ4n) is 2.75. The summed E-state index contributed by atoms with van der Waals surface area (Å²) in [6.45, 7) is 3.09. The number of rotatable bonds is 8. The Morgan fingerprint density at radius 3 is 2.14 bits per heavy atom. The molecule has 152 valence electrons. The van der Waals surface area contributed by atoms with Crippen LogP contribution < -0.4 is 5.32 Å². The Balaban J connectivity index is 1.83. The predicted octanol–water partition coefficient (Wildman–Crippen LogP) is 2.89. The van der Waals surface area contributed by atoms with Gasteiger partial charge in [0.1, 0.15) is 6.04 Å². The molecule has 3 rings (SSSR count). The summed E-state index contributed by atoms with van der Waals surface area (Å²) in [7, 11) is -3.69. The number of amides is 1. The molecular weight excluding hydrogens is 390 g/mol. The van der Waals surface area contributed by atoms with Gasteiger partial charge in [0.05, 0.1) is 11.7 Å². The third-order valence-electron chi connectivity index (χ3n) is 4.41. The maximum atomic E-state index is 12.6. The van der Waals surface area contributed by atoms with Crippen molar-refractivity contribution in [3.63, 3.8) is 0 Å². The van der Waals surface area contributed by atoms with Crippen molar-refractivity contribution in [2.75, 3.05) is 0 Å². The van der Waals surface area contributed by atoms with Crippen LogP contribution in [0.1, 0.15) is 36.9 Å². The minimum atomic E-state index is -3.69. The van der Waals surface area contributed by atoms with Crippen molar-refractivity contribution >= 4 is 15.7 Å². The number of hydrogen-bond acceptors (Lipinski definition) is 6. The van der Waals surface area contributed by atoms with Crippen LogP contribution in [0.3, 0.4) is 0 Å². The monoisotopic (exact) mass is 413 g/mol. The molecule has 1 heterocycles. The Hall–Kier alpha value is -3.00. The fraction of sp³-hybridized carbons (Fsp3) is 0.286. The van der Waals surface area contributed by atoms with Crippen LogP contribution >= 0.6 is 0 Å². The normalized spacial score (nSPS) is 12.7. The summed E-state index contributed by atoms with van der Waals surface area (Å²) in [4.78, 5) is 12.6. The first-order chi connectivity index (χ1) is 13.9. The van der Waals surface area contributed by atoms with Crippen LogP contribution in [0.5, 0.6) is 0 Å². The Kier molecular flexibility index (Phi) is 6.43. The maximum Gasteiger partial charge on any atom is 0.335 e. The van der Waals surface area contributed by atoms with Crippen molar-refractivity contribution in [3.8, 4) is 0 Å². The number of carbonyl (C=O) groups is 1. The molecule has 2 aromatic carbocycles. The summed E-state index contributed by atoms with van der Waals surface area (Å²) in [6, 6.07) is 18.2. The number of benzene rings is 2. The molecule has 1 amide bonds. The van der Waals surface area contributed by atoms with Gasteiger partial charge in [0.25, 0.3) is 0 Å². The van der Waals surface area contributed by atoms with E-state index in [-0.39, 0.29) is 18.2 Å².